The lowest BCUT2D eigenvalue weighted by Crippen LogP contribution is -2.28. The van der Waals surface area contributed by atoms with E-state index in [4.69, 9.17) is 14.2 Å². The zero-order chi connectivity index (χ0) is 22.2. The normalized spacial score (nSPS) is 13.8. The van der Waals surface area contributed by atoms with Gasteiger partial charge < -0.3 is 19.1 Å². The summed E-state index contributed by atoms with van der Waals surface area (Å²) in [6.07, 6.45) is 3.37. The summed E-state index contributed by atoms with van der Waals surface area (Å²) in [4.78, 5) is 27.0. The van der Waals surface area contributed by atoms with E-state index in [-0.39, 0.29) is 13.2 Å². The highest BCUT2D eigenvalue weighted by Gasteiger charge is 2.35. The highest BCUT2D eigenvalue weighted by Crippen LogP contribution is 2.37. The van der Waals surface area contributed by atoms with Gasteiger partial charge in [-0.1, -0.05) is 42.5 Å². The molecule has 2 aromatic carbocycles. The van der Waals surface area contributed by atoms with Crippen molar-refractivity contribution in [2.75, 3.05) is 20.3 Å². The molecule has 6 heteroatoms. The number of esters is 2. The van der Waals surface area contributed by atoms with Crippen LogP contribution in [-0.2, 0) is 25.7 Å². The van der Waals surface area contributed by atoms with Crippen LogP contribution in [0.3, 0.4) is 0 Å². The Bertz CT molecular complexity index is 927. The smallest absolute Gasteiger partial charge is 0.336 e. The van der Waals surface area contributed by atoms with E-state index in [0.717, 1.165) is 11.1 Å². The van der Waals surface area contributed by atoms with Crippen molar-refractivity contribution in [1.29, 1.82) is 0 Å². The van der Waals surface area contributed by atoms with Crippen LogP contribution in [0.1, 0.15) is 30.9 Å². The summed E-state index contributed by atoms with van der Waals surface area (Å²) in [5.41, 5.74) is 2.61. The largest absolute Gasteiger partial charge is 0.489 e. The Labute approximate surface area is 182 Å². The third-order valence-electron chi connectivity index (χ3n) is 4.79. The molecule has 0 unspecified atom stereocenters. The van der Waals surface area contributed by atoms with Crippen molar-refractivity contribution in [2.45, 2.75) is 26.4 Å². The fraction of sp³-hybridized carbons (Fsp3) is 0.280. The summed E-state index contributed by atoms with van der Waals surface area (Å²) in [5.74, 6) is -0.807. The van der Waals surface area contributed by atoms with Gasteiger partial charge in [-0.2, -0.15) is 0 Å². The van der Waals surface area contributed by atoms with Crippen LogP contribution in [0.5, 0.6) is 5.75 Å². The Hall–Kier alpha value is -3.54. The molecule has 0 spiro atoms. The van der Waals surface area contributed by atoms with Gasteiger partial charge in [-0.05, 0) is 37.1 Å². The maximum Gasteiger partial charge on any atom is 0.336 e. The Morgan fingerprint density at radius 1 is 0.839 bits per heavy atom. The summed E-state index contributed by atoms with van der Waals surface area (Å²) in [6.45, 7) is 4.45. The van der Waals surface area contributed by atoms with E-state index >= 15 is 0 Å². The van der Waals surface area contributed by atoms with Crippen molar-refractivity contribution in [3.63, 3.8) is 0 Å². The van der Waals surface area contributed by atoms with Crippen LogP contribution >= 0.6 is 0 Å². The predicted octanol–water partition coefficient (Wildman–Crippen LogP) is 4.19. The summed E-state index contributed by atoms with van der Waals surface area (Å²) >= 11 is 0. The van der Waals surface area contributed by atoms with Gasteiger partial charge in [-0.15, -0.1) is 0 Å². The van der Waals surface area contributed by atoms with Crippen LogP contribution in [0.25, 0.3) is 0 Å². The lowest BCUT2D eigenvalue weighted by atomic mass is 9.83. The standard InChI is InChI=1S/C25H27NO5/c1-4-29-24(27)21-15-26(3)16-22(25(28)30-5-2)23(21)19-11-13-20(14-12-19)31-17-18-9-7-6-8-10-18/h6-16,23H,4-5,17H2,1-3H3. The first kappa shape index (κ1) is 22.2. The molecular formula is C25H27NO5. The maximum atomic E-state index is 12.7. The topological polar surface area (TPSA) is 65.1 Å². The van der Waals surface area contributed by atoms with Crippen LogP contribution < -0.4 is 4.74 Å². The van der Waals surface area contributed by atoms with E-state index in [1.807, 2.05) is 54.6 Å². The van der Waals surface area contributed by atoms with E-state index in [2.05, 4.69) is 0 Å². The molecule has 1 aliphatic heterocycles. The van der Waals surface area contributed by atoms with Crippen LogP contribution in [0.4, 0.5) is 0 Å². The van der Waals surface area contributed by atoms with Crippen LogP contribution in [0.15, 0.2) is 78.1 Å². The average molecular weight is 421 g/mol. The SMILES string of the molecule is CCOC(=O)C1=CN(C)C=C(C(=O)OCC)C1c1ccc(OCc2ccccc2)cc1. The third kappa shape index (κ3) is 5.54. The quantitative estimate of drug-likeness (QED) is 0.596. The number of carbonyl (C=O) groups excluding carboxylic acids is 2. The Morgan fingerprint density at radius 3 is 1.90 bits per heavy atom. The van der Waals surface area contributed by atoms with Crippen molar-refractivity contribution in [1.82, 2.24) is 4.90 Å². The zero-order valence-electron chi connectivity index (χ0n) is 18.0. The van der Waals surface area contributed by atoms with Crippen LogP contribution in [0.2, 0.25) is 0 Å². The van der Waals surface area contributed by atoms with Crippen LogP contribution in [0, 0.1) is 0 Å². The maximum absolute atomic E-state index is 12.7. The van der Waals surface area contributed by atoms with E-state index in [0.29, 0.717) is 23.5 Å². The molecular weight excluding hydrogens is 394 g/mol. The minimum atomic E-state index is -0.586. The summed E-state index contributed by atoms with van der Waals surface area (Å²) in [7, 11) is 1.76. The summed E-state index contributed by atoms with van der Waals surface area (Å²) in [6, 6.07) is 17.3. The van der Waals surface area contributed by atoms with Gasteiger partial charge in [0, 0.05) is 19.4 Å². The molecule has 0 N–H and O–H groups in total. The van der Waals surface area contributed by atoms with E-state index in [1.165, 1.54) is 0 Å². The van der Waals surface area contributed by atoms with E-state index in [9.17, 15) is 9.59 Å². The molecule has 31 heavy (non-hydrogen) atoms. The molecule has 0 saturated heterocycles. The molecule has 0 amide bonds. The first-order valence-corrected chi connectivity index (χ1v) is 10.3. The second-order valence-electron chi connectivity index (χ2n) is 7.05. The number of ether oxygens (including phenoxy) is 3. The van der Waals surface area contributed by atoms with E-state index in [1.54, 1.807) is 38.2 Å². The molecule has 6 nitrogen and oxygen atoms in total. The molecule has 0 bridgehead atoms. The highest BCUT2D eigenvalue weighted by atomic mass is 16.5. The molecule has 2 aromatic rings. The van der Waals surface area contributed by atoms with Crippen molar-refractivity contribution >= 4 is 11.9 Å². The molecule has 0 fully saturated rings. The molecule has 1 heterocycles. The first-order valence-electron chi connectivity index (χ1n) is 10.3. The number of carbonyl (C=O) groups is 2. The Kier molecular flexibility index (Phi) is 7.49. The minimum absolute atomic E-state index is 0.247. The molecule has 1 aliphatic rings. The van der Waals surface area contributed by atoms with Crippen molar-refractivity contribution in [2.24, 2.45) is 0 Å². The average Bonchev–Trinajstić information content (AvgIpc) is 2.78. The minimum Gasteiger partial charge on any atom is -0.489 e. The van der Waals surface area contributed by atoms with Gasteiger partial charge in [0.2, 0.25) is 0 Å². The second kappa shape index (κ2) is 10.5. The Balaban J connectivity index is 1.87. The van der Waals surface area contributed by atoms with Gasteiger partial charge in [-0.3, -0.25) is 0 Å². The Morgan fingerprint density at radius 2 is 1.39 bits per heavy atom. The third-order valence-corrected chi connectivity index (χ3v) is 4.79. The predicted molar refractivity (Wildman–Crippen MR) is 117 cm³/mol. The number of nitrogens with zero attached hydrogens (tertiary/aromatic N) is 1. The van der Waals surface area contributed by atoms with Gasteiger partial charge >= 0.3 is 11.9 Å². The van der Waals surface area contributed by atoms with Gasteiger partial charge in [0.15, 0.2) is 0 Å². The molecule has 0 saturated carbocycles. The van der Waals surface area contributed by atoms with E-state index < -0.39 is 17.9 Å². The fourth-order valence-electron chi connectivity index (χ4n) is 3.42. The summed E-state index contributed by atoms with van der Waals surface area (Å²) in [5, 5.41) is 0. The number of rotatable bonds is 8. The highest BCUT2D eigenvalue weighted by molar-refractivity contribution is 5.98. The van der Waals surface area contributed by atoms with Gasteiger partial charge in [0.05, 0.1) is 30.3 Å². The molecule has 0 aromatic heterocycles. The lowest BCUT2D eigenvalue weighted by molar-refractivity contribution is -0.139. The molecule has 3 rings (SSSR count). The van der Waals surface area contributed by atoms with Crippen molar-refractivity contribution in [3.05, 3.63) is 89.3 Å². The first-order chi connectivity index (χ1) is 15.0. The molecule has 162 valence electrons. The fourth-order valence-corrected chi connectivity index (χ4v) is 3.42. The second-order valence-corrected chi connectivity index (χ2v) is 7.05. The number of hydrogen-bond acceptors (Lipinski definition) is 6. The van der Waals surface area contributed by atoms with Gasteiger partial charge in [0.1, 0.15) is 12.4 Å². The molecule has 0 aliphatic carbocycles. The van der Waals surface area contributed by atoms with Gasteiger partial charge in [0.25, 0.3) is 0 Å². The molecule has 0 atom stereocenters. The summed E-state index contributed by atoms with van der Waals surface area (Å²) < 4.78 is 16.3. The monoisotopic (exact) mass is 421 g/mol. The lowest BCUT2D eigenvalue weighted by Gasteiger charge is -2.28. The van der Waals surface area contributed by atoms with Crippen molar-refractivity contribution < 1.29 is 23.8 Å². The zero-order valence-corrected chi connectivity index (χ0v) is 18.0. The van der Waals surface area contributed by atoms with Crippen LogP contribution in [-0.4, -0.2) is 37.1 Å². The van der Waals surface area contributed by atoms with Gasteiger partial charge in [-0.25, -0.2) is 9.59 Å². The number of benzene rings is 2. The van der Waals surface area contributed by atoms with Crippen molar-refractivity contribution in [3.8, 4) is 5.75 Å². The molecule has 0 radical (unpaired) electrons. The number of hydrogen-bond donors (Lipinski definition) is 0.